The standard InChI is InChI=1S/C16H23N3O2/c1-12-13(17)6-4-7-14(12)18-15(20)8-5-11-19-10-3-2-9-16(19)21/h4,6-7H,2-3,5,8-11,17H2,1H3,(H,18,20). The average Bonchev–Trinajstić information content (AvgIpc) is 2.46. The van der Waals surface area contributed by atoms with E-state index >= 15 is 0 Å². The summed E-state index contributed by atoms with van der Waals surface area (Å²) in [5.74, 6) is 0.182. The number of nitrogen functional groups attached to an aromatic ring is 1. The van der Waals surface area contributed by atoms with Gasteiger partial charge in [-0.3, -0.25) is 9.59 Å². The first-order valence-corrected chi connectivity index (χ1v) is 7.50. The minimum absolute atomic E-state index is 0.0341. The van der Waals surface area contributed by atoms with Crippen LogP contribution in [0.3, 0.4) is 0 Å². The van der Waals surface area contributed by atoms with E-state index in [1.54, 1.807) is 0 Å². The molecule has 5 heteroatoms. The number of anilines is 2. The lowest BCUT2D eigenvalue weighted by atomic mass is 10.1. The average molecular weight is 289 g/mol. The third kappa shape index (κ3) is 4.21. The number of benzene rings is 1. The Kier molecular flexibility index (Phi) is 5.20. The van der Waals surface area contributed by atoms with Gasteiger partial charge in [0.2, 0.25) is 11.8 Å². The molecule has 3 N–H and O–H groups in total. The van der Waals surface area contributed by atoms with E-state index in [0.29, 0.717) is 31.5 Å². The quantitative estimate of drug-likeness (QED) is 0.817. The van der Waals surface area contributed by atoms with Gasteiger partial charge in [0.25, 0.3) is 0 Å². The van der Waals surface area contributed by atoms with E-state index in [4.69, 9.17) is 5.73 Å². The molecule has 1 saturated heterocycles. The highest BCUT2D eigenvalue weighted by Gasteiger charge is 2.17. The number of hydrogen-bond acceptors (Lipinski definition) is 3. The normalized spacial score (nSPS) is 15.1. The molecule has 1 aliphatic rings. The number of hydrogen-bond donors (Lipinski definition) is 2. The summed E-state index contributed by atoms with van der Waals surface area (Å²) in [7, 11) is 0. The fourth-order valence-corrected chi connectivity index (χ4v) is 2.53. The van der Waals surface area contributed by atoms with Gasteiger partial charge in [0, 0.05) is 37.3 Å². The molecule has 0 aliphatic carbocycles. The molecule has 0 atom stereocenters. The summed E-state index contributed by atoms with van der Waals surface area (Å²) >= 11 is 0. The van der Waals surface area contributed by atoms with Crippen molar-refractivity contribution in [2.75, 3.05) is 24.1 Å². The van der Waals surface area contributed by atoms with Crippen molar-refractivity contribution in [3.8, 4) is 0 Å². The predicted molar refractivity (Wildman–Crippen MR) is 83.9 cm³/mol. The monoisotopic (exact) mass is 289 g/mol. The number of likely N-dealkylation sites (tertiary alicyclic amines) is 1. The molecule has 0 saturated carbocycles. The van der Waals surface area contributed by atoms with Crippen LogP contribution >= 0.6 is 0 Å². The molecule has 1 aromatic carbocycles. The summed E-state index contributed by atoms with van der Waals surface area (Å²) < 4.78 is 0. The molecule has 0 bridgehead atoms. The van der Waals surface area contributed by atoms with Crippen molar-refractivity contribution in [1.29, 1.82) is 0 Å². The number of rotatable bonds is 5. The zero-order valence-electron chi connectivity index (χ0n) is 12.5. The molecule has 1 heterocycles. The first-order chi connectivity index (χ1) is 10.1. The zero-order valence-corrected chi connectivity index (χ0v) is 12.5. The molecular formula is C16H23N3O2. The van der Waals surface area contributed by atoms with E-state index in [1.165, 1.54) is 0 Å². The Morgan fingerprint density at radius 3 is 2.95 bits per heavy atom. The molecule has 1 fully saturated rings. The van der Waals surface area contributed by atoms with E-state index in [-0.39, 0.29) is 11.8 Å². The van der Waals surface area contributed by atoms with E-state index in [2.05, 4.69) is 5.32 Å². The van der Waals surface area contributed by atoms with Crippen LogP contribution in [0.25, 0.3) is 0 Å². The first kappa shape index (κ1) is 15.4. The molecule has 0 unspecified atom stereocenters. The van der Waals surface area contributed by atoms with Crippen LogP contribution in [-0.2, 0) is 9.59 Å². The number of carbonyl (C=O) groups is 2. The van der Waals surface area contributed by atoms with Gasteiger partial charge in [0.15, 0.2) is 0 Å². The number of amides is 2. The molecule has 0 spiro atoms. The number of carbonyl (C=O) groups excluding carboxylic acids is 2. The zero-order chi connectivity index (χ0) is 15.2. The van der Waals surface area contributed by atoms with Crippen molar-refractivity contribution in [3.05, 3.63) is 23.8 Å². The third-order valence-corrected chi connectivity index (χ3v) is 3.90. The third-order valence-electron chi connectivity index (χ3n) is 3.90. The predicted octanol–water partition coefficient (Wildman–Crippen LogP) is 2.31. The van der Waals surface area contributed by atoms with Crippen LogP contribution in [0.15, 0.2) is 18.2 Å². The summed E-state index contributed by atoms with van der Waals surface area (Å²) in [4.78, 5) is 25.5. The Labute approximate surface area is 125 Å². The van der Waals surface area contributed by atoms with E-state index < -0.39 is 0 Å². The summed E-state index contributed by atoms with van der Waals surface area (Å²) in [6.07, 6.45) is 3.82. The van der Waals surface area contributed by atoms with Crippen LogP contribution in [0.4, 0.5) is 11.4 Å². The Hall–Kier alpha value is -2.04. The number of nitrogens with one attached hydrogen (secondary N) is 1. The van der Waals surface area contributed by atoms with Gasteiger partial charge in [-0.25, -0.2) is 0 Å². The van der Waals surface area contributed by atoms with Crippen LogP contribution in [0.1, 0.15) is 37.7 Å². The molecule has 2 amide bonds. The maximum Gasteiger partial charge on any atom is 0.224 e. The second-order valence-corrected chi connectivity index (χ2v) is 5.51. The summed E-state index contributed by atoms with van der Waals surface area (Å²) in [5, 5.41) is 2.88. The fourth-order valence-electron chi connectivity index (χ4n) is 2.53. The van der Waals surface area contributed by atoms with Crippen LogP contribution in [0.2, 0.25) is 0 Å². The summed E-state index contributed by atoms with van der Waals surface area (Å²) in [6.45, 7) is 3.38. The van der Waals surface area contributed by atoms with Crippen molar-refractivity contribution < 1.29 is 9.59 Å². The Morgan fingerprint density at radius 2 is 2.19 bits per heavy atom. The first-order valence-electron chi connectivity index (χ1n) is 7.50. The highest BCUT2D eigenvalue weighted by molar-refractivity contribution is 5.92. The van der Waals surface area contributed by atoms with Crippen LogP contribution in [0.5, 0.6) is 0 Å². The number of nitrogens with zero attached hydrogens (tertiary/aromatic N) is 1. The lowest BCUT2D eigenvalue weighted by molar-refractivity contribution is -0.133. The van der Waals surface area contributed by atoms with Crippen molar-refractivity contribution >= 4 is 23.2 Å². The van der Waals surface area contributed by atoms with Crippen LogP contribution in [-0.4, -0.2) is 29.8 Å². The Balaban J connectivity index is 1.77. The molecule has 0 aromatic heterocycles. The van der Waals surface area contributed by atoms with Crippen LogP contribution < -0.4 is 11.1 Å². The van der Waals surface area contributed by atoms with Crippen LogP contribution in [0, 0.1) is 6.92 Å². The maximum atomic E-state index is 11.9. The van der Waals surface area contributed by atoms with Crippen molar-refractivity contribution in [2.45, 2.75) is 39.0 Å². The van der Waals surface area contributed by atoms with E-state index in [9.17, 15) is 9.59 Å². The van der Waals surface area contributed by atoms with Gasteiger partial charge in [-0.2, -0.15) is 0 Å². The van der Waals surface area contributed by atoms with Gasteiger partial charge in [-0.15, -0.1) is 0 Å². The Bertz CT molecular complexity index is 528. The van der Waals surface area contributed by atoms with Gasteiger partial charge in [0.1, 0.15) is 0 Å². The van der Waals surface area contributed by atoms with Gasteiger partial charge in [0.05, 0.1) is 0 Å². The molecule has 1 aliphatic heterocycles. The lowest BCUT2D eigenvalue weighted by Gasteiger charge is -2.26. The van der Waals surface area contributed by atoms with Crippen molar-refractivity contribution in [1.82, 2.24) is 4.90 Å². The van der Waals surface area contributed by atoms with Gasteiger partial charge in [-0.05, 0) is 43.9 Å². The highest BCUT2D eigenvalue weighted by Crippen LogP contribution is 2.20. The molecule has 5 nitrogen and oxygen atoms in total. The van der Waals surface area contributed by atoms with Crippen molar-refractivity contribution in [3.63, 3.8) is 0 Å². The smallest absolute Gasteiger partial charge is 0.224 e. The van der Waals surface area contributed by atoms with Crippen molar-refractivity contribution in [2.24, 2.45) is 0 Å². The second-order valence-electron chi connectivity index (χ2n) is 5.51. The highest BCUT2D eigenvalue weighted by atomic mass is 16.2. The minimum Gasteiger partial charge on any atom is -0.398 e. The molecule has 21 heavy (non-hydrogen) atoms. The van der Waals surface area contributed by atoms with E-state index in [1.807, 2.05) is 30.0 Å². The maximum absolute atomic E-state index is 11.9. The molecule has 0 radical (unpaired) electrons. The number of nitrogens with two attached hydrogens (primary N) is 1. The van der Waals surface area contributed by atoms with Gasteiger partial charge < -0.3 is 16.0 Å². The topological polar surface area (TPSA) is 75.4 Å². The number of piperidine rings is 1. The van der Waals surface area contributed by atoms with Gasteiger partial charge in [-0.1, -0.05) is 6.07 Å². The summed E-state index contributed by atoms with van der Waals surface area (Å²) in [5.41, 5.74) is 8.13. The molecule has 114 valence electrons. The molecular weight excluding hydrogens is 266 g/mol. The fraction of sp³-hybridized carbons (Fsp3) is 0.500. The SMILES string of the molecule is Cc1c(N)cccc1NC(=O)CCCN1CCCCC1=O. The minimum atomic E-state index is -0.0341. The lowest BCUT2D eigenvalue weighted by Crippen LogP contribution is -2.36. The molecule has 2 rings (SSSR count). The van der Waals surface area contributed by atoms with E-state index in [0.717, 1.165) is 30.6 Å². The molecule has 1 aromatic rings. The Morgan fingerprint density at radius 1 is 1.38 bits per heavy atom. The largest absolute Gasteiger partial charge is 0.398 e. The second kappa shape index (κ2) is 7.11. The van der Waals surface area contributed by atoms with Gasteiger partial charge >= 0.3 is 0 Å². The summed E-state index contributed by atoms with van der Waals surface area (Å²) in [6, 6.07) is 5.48.